The lowest BCUT2D eigenvalue weighted by atomic mass is 10.0. The van der Waals surface area contributed by atoms with Crippen LogP contribution in [0.3, 0.4) is 0 Å². The highest BCUT2D eigenvalue weighted by molar-refractivity contribution is 6.32. The number of ketones is 1. The molecule has 19 heavy (non-hydrogen) atoms. The van der Waals surface area contributed by atoms with Crippen LogP contribution in [0.15, 0.2) is 36.4 Å². The van der Waals surface area contributed by atoms with E-state index < -0.39 is 0 Å². The first-order chi connectivity index (χ1) is 9.19. The second-order valence-electron chi connectivity index (χ2n) is 4.64. The van der Waals surface area contributed by atoms with Gasteiger partial charge in [0.2, 0.25) is 0 Å². The normalized spacial score (nSPS) is 13.5. The molecule has 0 saturated heterocycles. The fourth-order valence-corrected chi connectivity index (χ4v) is 2.74. The molecule has 2 aromatic carbocycles. The van der Waals surface area contributed by atoms with Crippen molar-refractivity contribution >= 4 is 17.4 Å². The van der Waals surface area contributed by atoms with Crippen LogP contribution in [0.25, 0.3) is 11.1 Å². The molecule has 3 rings (SSSR count). The molecule has 1 aliphatic rings. The number of benzene rings is 2. The number of halogens is 1. The number of carbonyl (C=O) groups is 1. The number of aryl methyl sites for hydroxylation is 1. The predicted octanol–water partition coefficient (Wildman–Crippen LogP) is 4.14. The quantitative estimate of drug-likeness (QED) is 0.821. The number of fused-ring (bicyclic) bond motifs is 1. The molecule has 2 nitrogen and oxygen atoms in total. The summed E-state index contributed by atoms with van der Waals surface area (Å²) >= 11 is 6.14. The Bertz CT molecular complexity index is 662. The van der Waals surface area contributed by atoms with E-state index in [0.29, 0.717) is 17.2 Å². The minimum atomic E-state index is 0.245. The van der Waals surface area contributed by atoms with Crippen LogP contribution in [0.4, 0.5) is 0 Å². The monoisotopic (exact) mass is 272 g/mol. The third kappa shape index (κ3) is 2.13. The van der Waals surface area contributed by atoms with Crippen LogP contribution in [-0.2, 0) is 6.42 Å². The summed E-state index contributed by atoms with van der Waals surface area (Å²) in [6.45, 7) is 0. The molecule has 2 aromatic rings. The van der Waals surface area contributed by atoms with Gasteiger partial charge in [-0.15, -0.1) is 0 Å². The van der Waals surface area contributed by atoms with Gasteiger partial charge in [-0.2, -0.15) is 0 Å². The van der Waals surface area contributed by atoms with Crippen molar-refractivity contribution < 1.29 is 9.53 Å². The summed E-state index contributed by atoms with van der Waals surface area (Å²) in [4.78, 5) is 11.6. The maximum atomic E-state index is 11.6. The van der Waals surface area contributed by atoms with E-state index in [0.717, 1.165) is 28.7 Å². The summed E-state index contributed by atoms with van der Waals surface area (Å²) in [5, 5.41) is 0.594. The molecule has 0 unspecified atom stereocenters. The lowest BCUT2D eigenvalue weighted by Gasteiger charge is -2.08. The van der Waals surface area contributed by atoms with E-state index in [1.54, 1.807) is 7.11 Å². The first-order valence-electron chi connectivity index (χ1n) is 6.19. The van der Waals surface area contributed by atoms with Crippen molar-refractivity contribution in [3.05, 3.63) is 52.5 Å². The van der Waals surface area contributed by atoms with Crippen LogP contribution in [0.1, 0.15) is 22.3 Å². The maximum absolute atomic E-state index is 11.6. The number of hydrogen-bond donors (Lipinski definition) is 0. The summed E-state index contributed by atoms with van der Waals surface area (Å²) in [6.07, 6.45) is 1.47. The van der Waals surface area contributed by atoms with Crippen molar-refractivity contribution in [2.24, 2.45) is 0 Å². The third-order valence-electron chi connectivity index (χ3n) is 3.51. The van der Waals surface area contributed by atoms with Crippen LogP contribution >= 0.6 is 11.6 Å². The Morgan fingerprint density at radius 2 is 1.79 bits per heavy atom. The summed E-state index contributed by atoms with van der Waals surface area (Å²) in [5.41, 5.74) is 4.11. The molecule has 0 radical (unpaired) electrons. The SMILES string of the molecule is COc1ccc(-c2ccc3c(c2)CCC3=O)cc1Cl. The van der Waals surface area contributed by atoms with Crippen LogP contribution < -0.4 is 4.74 Å². The zero-order valence-electron chi connectivity index (χ0n) is 10.6. The third-order valence-corrected chi connectivity index (χ3v) is 3.81. The fourth-order valence-electron chi connectivity index (χ4n) is 2.48. The van der Waals surface area contributed by atoms with Gasteiger partial charge in [0.25, 0.3) is 0 Å². The second-order valence-corrected chi connectivity index (χ2v) is 5.05. The Morgan fingerprint density at radius 3 is 2.53 bits per heavy atom. The van der Waals surface area contributed by atoms with Crippen LogP contribution in [-0.4, -0.2) is 12.9 Å². The van der Waals surface area contributed by atoms with Gasteiger partial charge in [0.15, 0.2) is 5.78 Å². The number of rotatable bonds is 2. The molecule has 0 bridgehead atoms. The predicted molar refractivity (Wildman–Crippen MR) is 76.1 cm³/mol. The first-order valence-corrected chi connectivity index (χ1v) is 6.57. The Labute approximate surface area is 117 Å². The Balaban J connectivity index is 2.03. The minimum Gasteiger partial charge on any atom is -0.495 e. The number of Topliss-reactive ketones (excluding diaryl/α,β-unsaturated/α-hetero) is 1. The molecule has 0 fully saturated rings. The smallest absolute Gasteiger partial charge is 0.163 e. The van der Waals surface area contributed by atoms with E-state index in [1.165, 1.54) is 0 Å². The van der Waals surface area contributed by atoms with Crippen molar-refractivity contribution in [1.82, 2.24) is 0 Å². The topological polar surface area (TPSA) is 26.3 Å². The van der Waals surface area contributed by atoms with Gasteiger partial charge in [0.1, 0.15) is 5.75 Å². The van der Waals surface area contributed by atoms with E-state index in [9.17, 15) is 4.79 Å². The Kier molecular flexibility index (Phi) is 3.03. The molecule has 0 aliphatic heterocycles. The summed E-state index contributed by atoms with van der Waals surface area (Å²) < 4.78 is 5.15. The largest absolute Gasteiger partial charge is 0.495 e. The minimum absolute atomic E-state index is 0.245. The highest BCUT2D eigenvalue weighted by Gasteiger charge is 2.19. The van der Waals surface area contributed by atoms with Crippen molar-refractivity contribution in [3.63, 3.8) is 0 Å². The van der Waals surface area contributed by atoms with E-state index in [2.05, 4.69) is 6.07 Å². The molecule has 0 heterocycles. The average Bonchev–Trinajstić information content (AvgIpc) is 2.80. The van der Waals surface area contributed by atoms with E-state index in [1.807, 2.05) is 30.3 Å². The molecule has 1 aliphatic carbocycles. The van der Waals surface area contributed by atoms with Crippen molar-refractivity contribution in [2.75, 3.05) is 7.11 Å². The summed E-state index contributed by atoms with van der Waals surface area (Å²) in [5.74, 6) is 0.913. The van der Waals surface area contributed by atoms with Crippen LogP contribution in [0.2, 0.25) is 5.02 Å². The van der Waals surface area contributed by atoms with Gasteiger partial charge in [0.05, 0.1) is 12.1 Å². The Morgan fingerprint density at radius 1 is 1.05 bits per heavy atom. The first kappa shape index (κ1) is 12.2. The van der Waals surface area contributed by atoms with Gasteiger partial charge in [-0.1, -0.05) is 35.9 Å². The van der Waals surface area contributed by atoms with Crippen molar-refractivity contribution in [3.8, 4) is 16.9 Å². The molecular weight excluding hydrogens is 260 g/mol. The molecule has 0 aromatic heterocycles. The second kappa shape index (κ2) is 4.71. The van der Waals surface area contributed by atoms with Gasteiger partial charge in [-0.3, -0.25) is 4.79 Å². The van der Waals surface area contributed by atoms with Gasteiger partial charge in [-0.25, -0.2) is 0 Å². The molecule has 3 heteroatoms. The van der Waals surface area contributed by atoms with Crippen LogP contribution in [0, 0.1) is 0 Å². The van der Waals surface area contributed by atoms with Gasteiger partial charge in [-0.05, 0) is 35.2 Å². The number of hydrogen-bond acceptors (Lipinski definition) is 2. The summed E-state index contributed by atoms with van der Waals surface area (Å²) in [7, 11) is 1.60. The Hall–Kier alpha value is -1.80. The summed E-state index contributed by atoms with van der Waals surface area (Å²) in [6, 6.07) is 11.7. The molecule has 0 N–H and O–H groups in total. The lowest BCUT2D eigenvalue weighted by molar-refractivity contribution is 0.0994. The fraction of sp³-hybridized carbons (Fsp3) is 0.188. The number of carbonyl (C=O) groups excluding carboxylic acids is 1. The van der Waals surface area contributed by atoms with E-state index in [-0.39, 0.29) is 5.78 Å². The molecule has 0 saturated carbocycles. The number of ether oxygens (including phenoxy) is 1. The van der Waals surface area contributed by atoms with Crippen molar-refractivity contribution in [2.45, 2.75) is 12.8 Å². The van der Waals surface area contributed by atoms with Gasteiger partial charge in [0, 0.05) is 12.0 Å². The highest BCUT2D eigenvalue weighted by Crippen LogP contribution is 2.32. The number of methoxy groups -OCH3 is 1. The van der Waals surface area contributed by atoms with E-state index >= 15 is 0 Å². The van der Waals surface area contributed by atoms with Crippen molar-refractivity contribution in [1.29, 1.82) is 0 Å². The average molecular weight is 273 g/mol. The highest BCUT2D eigenvalue weighted by atomic mass is 35.5. The standard InChI is InChI=1S/C16H13ClO2/c1-19-16-7-4-11(9-14(16)17)10-2-5-13-12(8-10)3-6-15(13)18/h2,4-5,7-9H,3,6H2,1H3. The van der Waals surface area contributed by atoms with Crippen LogP contribution in [0.5, 0.6) is 5.75 Å². The molecular formula is C16H13ClO2. The maximum Gasteiger partial charge on any atom is 0.163 e. The molecule has 96 valence electrons. The van der Waals surface area contributed by atoms with Gasteiger partial charge < -0.3 is 4.74 Å². The van der Waals surface area contributed by atoms with Gasteiger partial charge >= 0.3 is 0 Å². The lowest BCUT2D eigenvalue weighted by Crippen LogP contribution is -1.91. The zero-order valence-corrected chi connectivity index (χ0v) is 11.3. The zero-order chi connectivity index (χ0) is 13.4. The molecule has 0 spiro atoms. The van der Waals surface area contributed by atoms with E-state index in [4.69, 9.17) is 16.3 Å². The molecule has 0 atom stereocenters. The molecule has 0 amide bonds.